The van der Waals surface area contributed by atoms with Crippen LogP contribution < -0.4 is 5.32 Å². The molecule has 0 radical (unpaired) electrons. The molecule has 5 heteroatoms. The molecular formula is C15H22N4O. The lowest BCUT2D eigenvalue weighted by atomic mass is 9.99. The molecule has 1 aromatic heterocycles. The molecule has 2 aliphatic rings. The molecule has 0 saturated carbocycles. The number of amides is 1. The van der Waals surface area contributed by atoms with Gasteiger partial charge in [-0.3, -0.25) is 14.7 Å². The fourth-order valence-electron chi connectivity index (χ4n) is 3.29. The molecule has 20 heavy (non-hydrogen) atoms. The Morgan fingerprint density at radius 3 is 3.10 bits per heavy atom. The first kappa shape index (κ1) is 13.4. The second kappa shape index (κ2) is 5.79. The minimum Gasteiger partial charge on any atom is -0.387 e. The number of piperidine rings is 1. The highest BCUT2D eigenvalue weighted by Gasteiger charge is 2.31. The van der Waals surface area contributed by atoms with Crippen molar-refractivity contribution < 1.29 is 4.79 Å². The van der Waals surface area contributed by atoms with Crippen molar-refractivity contribution in [3.05, 3.63) is 24.0 Å². The Bertz CT molecular complexity index is 491. The minimum atomic E-state index is 0.104. The number of nitrogens with one attached hydrogen (secondary N) is 1. The third-order valence-corrected chi connectivity index (χ3v) is 4.45. The van der Waals surface area contributed by atoms with E-state index in [-0.39, 0.29) is 5.91 Å². The van der Waals surface area contributed by atoms with E-state index in [0.717, 1.165) is 25.3 Å². The van der Waals surface area contributed by atoms with Crippen molar-refractivity contribution in [1.29, 1.82) is 0 Å². The summed E-state index contributed by atoms with van der Waals surface area (Å²) in [6.45, 7) is 3.89. The van der Waals surface area contributed by atoms with Gasteiger partial charge in [0.2, 0.25) is 0 Å². The quantitative estimate of drug-likeness (QED) is 0.886. The molecular weight excluding hydrogens is 252 g/mol. The number of carbonyl (C=O) groups is 1. The molecule has 3 heterocycles. The highest BCUT2D eigenvalue weighted by Crippen LogP contribution is 2.23. The molecule has 1 amide bonds. The minimum absolute atomic E-state index is 0.104. The molecule has 1 unspecified atom stereocenters. The molecule has 1 atom stereocenters. The van der Waals surface area contributed by atoms with E-state index in [1.807, 2.05) is 18.0 Å². The fourth-order valence-corrected chi connectivity index (χ4v) is 3.29. The van der Waals surface area contributed by atoms with Gasteiger partial charge in [-0.25, -0.2) is 0 Å². The number of carbonyl (C=O) groups excluding carboxylic acids is 1. The molecule has 0 aliphatic carbocycles. The van der Waals surface area contributed by atoms with E-state index >= 15 is 0 Å². The molecule has 2 fully saturated rings. The Hall–Kier alpha value is -1.62. The lowest BCUT2D eigenvalue weighted by Crippen LogP contribution is -2.56. The van der Waals surface area contributed by atoms with E-state index in [1.54, 1.807) is 12.4 Å². The van der Waals surface area contributed by atoms with Crippen LogP contribution in [-0.2, 0) is 0 Å². The summed E-state index contributed by atoms with van der Waals surface area (Å²) in [5.41, 5.74) is 1.54. The molecule has 1 N–H and O–H groups in total. The van der Waals surface area contributed by atoms with E-state index < -0.39 is 0 Å². The van der Waals surface area contributed by atoms with Crippen molar-refractivity contribution in [2.24, 2.45) is 0 Å². The highest BCUT2D eigenvalue weighted by atomic mass is 16.2. The lowest BCUT2D eigenvalue weighted by molar-refractivity contribution is 0.0373. The number of anilines is 1. The van der Waals surface area contributed by atoms with Gasteiger partial charge in [0.25, 0.3) is 5.91 Å². The Morgan fingerprint density at radius 1 is 1.35 bits per heavy atom. The van der Waals surface area contributed by atoms with Gasteiger partial charge in [-0.15, -0.1) is 0 Å². The van der Waals surface area contributed by atoms with Crippen LogP contribution in [0.25, 0.3) is 0 Å². The van der Waals surface area contributed by atoms with Crippen LogP contribution in [-0.4, -0.2) is 60.0 Å². The summed E-state index contributed by atoms with van der Waals surface area (Å²) in [4.78, 5) is 21.3. The summed E-state index contributed by atoms with van der Waals surface area (Å²) in [6, 6.07) is 2.40. The molecule has 1 aromatic rings. The number of fused-ring (bicyclic) bond motifs is 1. The summed E-state index contributed by atoms with van der Waals surface area (Å²) in [5.74, 6) is 0.104. The van der Waals surface area contributed by atoms with Crippen molar-refractivity contribution in [2.75, 3.05) is 38.5 Å². The number of piperazine rings is 1. The third-order valence-electron chi connectivity index (χ3n) is 4.45. The number of rotatable bonds is 2. The lowest BCUT2D eigenvalue weighted by Gasteiger charge is -2.44. The summed E-state index contributed by atoms with van der Waals surface area (Å²) in [7, 11) is 1.84. The average molecular weight is 274 g/mol. The molecule has 2 aliphatic heterocycles. The van der Waals surface area contributed by atoms with Crippen LogP contribution in [0.15, 0.2) is 18.5 Å². The Labute approximate surface area is 120 Å². The number of pyridine rings is 1. The Balaban J connectivity index is 1.74. The number of aromatic nitrogens is 1. The standard InChI is InChI=1S/C15H22N4O/c1-16-14-5-6-17-10-13(14)15(20)19-9-8-18-7-3-2-4-12(18)11-19/h5-6,10,12H,2-4,7-9,11H2,1H3,(H,16,17). The van der Waals surface area contributed by atoms with Gasteiger partial charge < -0.3 is 10.2 Å². The van der Waals surface area contributed by atoms with Gasteiger partial charge in [0, 0.05) is 50.8 Å². The van der Waals surface area contributed by atoms with Crippen molar-refractivity contribution in [3.8, 4) is 0 Å². The van der Waals surface area contributed by atoms with Gasteiger partial charge in [-0.05, 0) is 25.5 Å². The van der Waals surface area contributed by atoms with Crippen LogP contribution in [0.5, 0.6) is 0 Å². The predicted octanol–water partition coefficient (Wildman–Crippen LogP) is 1.43. The van der Waals surface area contributed by atoms with Crippen LogP contribution in [0.1, 0.15) is 29.6 Å². The summed E-state index contributed by atoms with van der Waals surface area (Å²) >= 11 is 0. The first-order valence-corrected chi connectivity index (χ1v) is 7.44. The van der Waals surface area contributed by atoms with Gasteiger partial charge in [0.05, 0.1) is 5.56 Å². The Kier molecular flexibility index (Phi) is 3.87. The van der Waals surface area contributed by atoms with Crippen molar-refractivity contribution >= 4 is 11.6 Å². The first-order chi connectivity index (χ1) is 9.79. The molecule has 2 saturated heterocycles. The Morgan fingerprint density at radius 2 is 2.25 bits per heavy atom. The van der Waals surface area contributed by atoms with E-state index in [2.05, 4.69) is 15.2 Å². The van der Waals surface area contributed by atoms with Crippen LogP contribution in [0.2, 0.25) is 0 Å². The zero-order chi connectivity index (χ0) is 13.9. The molecule has 108 valence electrons. The fraction of sp³-hybridized carbons (Fsp3) is 0.600. The van der Waals surface area contributed by atoms with Crippen LogP contribution >= 0.6 is 0 Å². The van der Waals surface area contributed by atoms with Crippen molar-refractivity contribution in [3.63, 3.8) is 0 Å². The van der Waals surface area contributed by atoms with Gasteiger partial charge in [0.1, 0.15) is 0 Å². The maximum Gasteiger partial charge on any atom is 0.257 e. The average Bonchev–Trinajstić information content (AvgIpc) is 2.53. The normalized spacial score (nSPS) is 23.2. The zero-order valence-corrected chi connectivity index (χ0v) is 12.0. The van der Waals surface area contributed by atoms with Crippen LogP contribution in [0.4, 0.5) is 5.69 Å². The first-order valence-electron chi connectivity index (χ1n) is 7.44. The maximum atomic E-state index is 12.7. The summed E-state index contributed by atoms with van der Waals surface area (Å²) < 4.78 is 0. The third kappa shape index (κ3) is 2.50. The van der Waals surface area contributed by atoms with Crippen molar-refractivity contribution in [1.82, 2.24) is 14.8 Å². The smallest absolute Gasteiger partial charge is 0.257 e. The summed E-state index contributed by atoms with van der Waals surface area (Å²) in [6.07, 6.45) is 7.19. The molecule has 0 bridgehead atoms. The van der Waals surface area contributed by atoms with Gasteiger partial charge in [-0.1, -0.05) is 6.42 Å². The van der Waals surface area contributed by atoms with Gasteiger partial charge >= 0.3 is 0 Å². The highest BCUT2D eigenvalue weighted by molar-refractivity contribution is 5.99. The maximum absolute atomic E-state index is 12.7. The van der Waals surface area contributed by atoms with E-state index in [0.29, 0.717) is 11.6 Å². The van der Waals surface area contributed by atoms with Gasteiger partial charge in [-0.2, -0.15) is 0 Å². The van der Waals surface area contributed by atoms with E-state index in [1.165, 1.54) is 25.8 Å². The molecule has 0 spiro atoms. The van der Waals surface area contributed by atoms with Crippen LogP contribution in [0, 0.1) is 0 Å². The molecule has 3 rings (SSSR count). The predicted molar refractivity (Wildman–Crippen MR) is 78.9 cm³/mol. The van der Waals surface area contributed by atoms with Gasteiger partial charge in [0.15, 0.2) is 0 Å². The summed E-state index contributed by atoms with van der Waals surface area (Å²) in [5, 5.41) is 3.07. The molecule has 5 nitrogen and oxygen atoms in total. The zero-order valence-electron chi connectivity index (χ0n) is 12.0. The molecule has 0 aromatic carbocycles. The second-order valence-electron chi connectivity index (χ2n) is 5.61. The topological polar surface area (TPSA) is 48.5 Å². The van der Waals surface area contributed by atoms with E-state index in [9.17, 15) is 4.79 Å². The number of hydrogen-bond donors (Lipinski definition) is 1. The monoisotopic (exact) mass is 274 g/mol. The number of hydrogen-bond acceptors (Lipinski definition) is 4. The largest absolute Gasteiger partial charge is 0.387 e. The SMILES string of the molecule is CNc1ccncc1C(=O)N1CCN2CCCCC2C1. The second-order valence-corrected chi connectivity index (χ2v) is 5.61. The van der Waals surface area contributed by atoms with Crippen molar-refractivity contribution in [2.45, 2.75) is 25.3 Å². The van der Waals surface area contributed by atoms with Crippen LogP contribution in [0.3, 0.4) is 0 Å². The van der Waals surface area contributed by atoms with E-state index in [4.69, 9.17) is 0 Å². The number of nitrogens with zero attached hydrogens (tertiary/aromatic N) is 3.